The highest BCUT2D eigenvalue weighted by Gasteiger charge is 2.36. The molecule has 0 N–H and O–H groups in total. The molecule has 1 aliphatic heterocycles. The number of nitrogens with zero attached hydrogens (tertiary/aromatic N) is 2. The number of benzene rings is 1. The maximum atomic E-state index is 12.8. The summed E-state index contributed by atoms with van der Waals surface area (Å²) in [7, 11) is 0. The number of hydrogen-bond donors (Lipinski definition) is 0. The number of aromatic nitrogens is 1. The van der Waals surface area contributed by atoms with E-state index in [-0.39, 0.29) is 11.4 Å². The van der Waals surface area contributed by atoms with Gasteiger partial charge in [-0.15, -0.1) is 0 Å². The summed E-state index contributed by atoms with van der Waals surface area (Å²) < 4.78 is 43.8. The second-order valence-corrected chi connectivity index (χ2v) is 7.17. The number of carbonyl (C=O) groups excluding carboxylic acids is 2. The molecular weight excluding hydrogens is 373 g/mol. The van der Waals surface area contributed by atoms with Crippen LogP contribution in [0.25, 0.3) is 5.70 Å². The average molecular weight is 390 g/mol. The Morgan fingerprint density at radius 3 is 2.29 bits per heavy atom. The number of esters is 1. The van der Waals surface area contributed by atoms with E-state index in [2.05, 4.69) is 4.98 Å². The van der Waals surface area contributed by atoms with Crippen LogP contribution in [0.4, 0.5) is 18.9 Å². The predicted octanol–water partition coefficient (Wildman–Crippen LogP) is 4.44. The standard InChI is InChI=1S/C20H17F3N2O3/c1-19(2,3)28-17(26)10-16-15-11-24-9-8-14(15)18(27)25(16)13-6-4-12(5-7-13)20(21,22)23/h4-11H,1-3H3/b16-10+. The summed E-state index contributed by atoms with van der Waals surface area (Å²) in [6.07, 6.45) is -0.491. The number of ether oxygens (including phenoxy) is 1. The summed E-state index contributed by atoms with van der Waals surface area (Å²) in [5, 5.41) is 0. The first-order valence-corrected chi connectivity index (χ1v) is 8.38. The van der Waals surface area contributed by atoms with E-state index in [9.17, 15) is 22.8 Å². The van der Waals surface area contributed by atoms with Gasteiger partial charge in [0.1, 0.15) is 5.60 Å². The number of hydrogen-bond acceptors (Lipinski definition) is 4. The molecule has 1 amide bonds. The van der Waals surface area contributed by atoms with E-state index in [0.717, 1.165) is 18.2 Å². The van der Waals surface area contributed by atoms with E-state index in [1.165, 1.54) is 35.5 Å². The van der Waals surface area contributed by atoms with Crippen LogP contribution in [0, 0.1) is 0 Å². The second kappa shape index (κ2) is 6.78. The van der Waals surface area contributed by atoms with Gasteiger partial charge in [-0.25, -0.2) is 4.79 Å². The normalized spacial score (nSPS) is 15.7. The maximum absolute atomic E-state index is 12.8. The van der Waals surface area contributed by atoms with Crippen LogP contribution in [-0.2, 0) is 15.7 Å². The van der Waals surface area contributed by atoms with Gasteiger partial charge in [0.25, 0.3) is 5.91 Å². The molecule has 0 unspecified atom stereocenters. The molecule has 2 heterocycles. The molecule has 0 aliphatic carbocycles. The fourth-order valence-electron chi connectivity index (χ4n) is 2.78. The number of fused-ring (bicyclic) bond motifs is 1. The van der Waals surface area contributed by atoms with Crippen LogP contribution in [0.1, 0.15) is 42.3 Å². The third-order valence-corrected chi connectivity index (χ3v) is 3.89. The van der Waals surface area contributed by atoms with E-state index < -0.39 is 29.2 Å². The molecule has 0 atom stereocenters. The Balaban J connectivity index is 2.06. The predicted molar refractivity (Wildman–Crippen MR) is 96.3 cm³/mol. The second-order valence-electron chi connectivity index (χ2n) is 7.17. The van der Waals surface area contributed by atoms with Crippen LogP contribution in [0.2, 0.25) is 0 Å². The minimum absolute atomic E-state index is 0.196. The molecule has 5 nitrogen and oxygen atoms in total. The number of amides is 1. The van der Waals surface area contributed by atoms with Crippen molar-refractivity contribution in [2.45, 2.75) is 32.5 Å². The topological polar surface area (TPSA) is 59.5 Å². The highest BCUT2D eigenvalue weighted by Crippen LogP contribution is 2.38. The van der Waals surface area contributed by atoms with Crippen molar-refractivity contribution >= 4 is 23.3 Å². The zero-order valence-electron chi connectivity index (χ0n) is 15.4. The Hall–Kier alpha value is -3.16. The molecule has 0 fully saturated rings. The number of anilines is 1. The molecular formula is C20H17F3N2O3. The summed E-state index contributed by atoms with van der Waals surface area (Å²) in [6, 6.07) is 5.63. The Kier molecular flexibility index (Phi) is 4.74. The summed E-state index contributed by atoms with van der Waals surface area (Å²) in [6.45, 7) is 5.10. The Labute approximate surface area is 159 Å². The number of rotatable bonds is 2. The lowest BCUT2D eigenvalue weighted by atomic mass is 10.1. The van der Waals surface area contributed by atoms with Crippen LogP contribution < -0.4 is 4.90 Å². The average Bonchev–Trinajstić information content (AvgIpc) is 2.85. The third kappa shape index (κ3) is 3.90. The highest BCUT2D eigenvalue weighted by molar-refractivity contribution is 6.23. The number of carbonyl (C=O) groups is 2. The first-order valence-electron chi connectivity index (χ1n) is 8.38. The van der Waals surface area contributed by atoms with Crippen LogP contribution in [0.3, 0.4) is 0 Å². The summed E-state index contributed by atoms with van der Waals surface area (Å²) >= 11 is 0. The third-order valence-electron chi connectivity index (χ3n) is 3.89. The van der Waals surface area contributed by atoms with Crippen molar-refractivity contribution in [3.05, 3.63) is 65.5 Å². The van der Waals surface area contributed by atoms with E-state index in [1.54, 1.807) is 20.8 Å². The molecule has 1 aromatic heterocycles. The minimum Gasteiger partial charge on any atom is -0.457 e. The van der Waals surface area contributed by atoms with E-state index in [4.69, 9.17) is 4.74 Å². The monoisotopic (exact) mass is 390 g/mol. The zero-order valence-corrected chi connectivity index (χ0v) is 15.4. The van der Waals surface area contributed by atoms with Crippen molar-refractivity contribution in [3.8, 4) is 0 Å². The minimum atomic E-state index is -4.49. The van der Waals surface area contributed by atoms with Crippen molar-refractivity contribution in [3.63, 3.8) is 0 Å². The highest BCUT2D eigenvalue weighted by atomic mass is 19.4. The quantitative estimate of drug-likeness (QED) is 0.562. The molecule has 146 valence electrons. The molecule has 28 heavy (non-hydrogen) atoms. The molecule has 0 spiro atoms. The Morgan fingerprint density at radius 2 is 1.71 bits per heavy atom. The first-order chi connectivity index (χ1) is 13.0. The van der Waals surface area contributed by atoms with Gasteiger partial charge in [-0.1, -0.05) is 0 Å². The van der Waals surface area contributed by atoms with Gasteiger partial charge >= 0.3 is 12.1 Å². The van der Waals surface area contributed by atoms with Gasteiger partial charge in [-0.3, -0.25) is 14.7 Å². The van der Waals surface area contributed by atoms with E-state index >= 15 is 0 Å². The van der Waals surface area contributed by atoms with Crippen molar-refractivity contribution in [2.75, 3.05) is 4.90 Å². The lowest BCUT2D eigenvalue weighted by molar-refractivity contribution is -0.148. The van der Waals surface area contributed by atoms with Gasteiger partial charge in [-0.05, 0) is 51.1 Å². The molecule has 0 saturated carbocycles. The SMILES string of the molecule is CC(C)(C)OC(=O)/C=C1\c2cnccc2C(=O)N1c1ccc(C(F)(F)F)cc1. The van der Waals surface area contributed by atoms with Crippen molar-refractivity contribution in [1.82, 2.24) is 4.98 Å². The summed E-state index contributed by atoms with van der Waals surface area (Å²) in [5.74, 6) is -1.14. The number of alkyl halides is 3. The summed E-state index contributed by atoms with van der Waals surface area (Å²) in [4.78, 5) is 30.3. The van der Waals surface area contributed by atoms with Gasteiger partial charge in [-0.2, -0.15) is 13.2 Å². The molecule has 0 radical (unpaired) electrons. The van der Waals surface area contributed by atoms with Crippen LogP contribution in [0.5, 0.6) is 0 Å². The number of pyridine rings is 1. The van der Waals surface area contributed by atoms with E-state index in [1.807, 2.05) is 0 Å². The van der Waals surface area contributed by atoms with Crippen LogP contribution >= 0.6 is 0 Å². The zero-order chi connectivity index (χ0) is 20.7. The summed E-state index contributed by atoms with van der Waals surface area (Å²) in [5.41, 5.74) is -0.484. The van der Waals surface area contributed by atoms with Gasteiger partial charge in [0.2, 0.25) is 0 Å². The maximum Gasteiger partial charge on any atom is 0.416 e. The van der Waals surface area contributed by atoms with Gasteiger partial charge < -0.3 is 4.74 Å². The fourth-order valence-corrected chi connectivity index (χ4v) is 2.78. The Morgan fingerprint density at radius 1 is 1.07 bits per heavy atom. The van der Waals surface area contributed by atoms with Crippen molar-refractivity contribution in [2.24, 2.45) is 0 Å². The molecule has 0 bridgehead atoms. The molecule has 8 heteroatoms. The van der Waals surface area contributed by atoms with Gasteiger partial charge in [0.05, 0.1) is 16.8 Å². The van der Waals surface area contributed by atoms with E-state index in [0.29, 0.717) is 11.1 Å². The molecule has 3 rings (SSSR count). The lowest BCUT2D eigenvalue weighted by Crippen LogP contribution is -2.25. The lowest BCUT2D eigenvalue weighted by Gasteiger charge is -2.21. The van der Waals surface area contributed by atoms with Crippen molar-refractivity contribution in [1.29, 1.82) is 0 Å². The van der Waals surface area contributed by atoms with Gasteiger partial charge in [0, 0.05) is 29.7 Å². The molecule has 1 aromatic carbocycles. The smallest absolute Gasteiger partial charge is 0.416 e. The van der Waals surface area contributed by atoms with Crippen LogP contribution in [-0.4, -0.2) is 22.5 Å². The fraction of sp³-hybridized carbons (Fsp3) is 0.250. The molecule has 0 saturated heterocycles. The van der Waals surface area contributed by atoms with Crippen LogP contribution in [0.15, 0.2) is 48.8 Å². The first kappa shape index (κ1) is 19.6. The van der Waals surface area contributed by atoms with Crippen molar-refractivity contribution < 1.29 is 27.5 Å². The molecule has 1 aliphatic rings. The van der Waals surface area contributed by atoms with Gasteiger partial charge in [0.15, 0.2) is 0 Å². The molecule has 2 aromatic rings. The Bertz CT molecular complexity index is 958. The number of halogens is 3. The largest absolute Gasteiger partial charge is 0.457 e.